The molecule has 0 saturated heterocycles. The quantitative estimate of drug-likeness (QED) is 0.0222. The average Bonchev–Trinajstić information content (AvgIpc) is 1.36. The lowest BCUT2D eigenvalue weighted by Crippen LogP contribution is -2.30. The van der Waals surface area contributed by atoms with Crippen LogP contribution in [0.15, 0.2) is 0 Å². The number of ether oxygens (including phenoxy) is 4. The lowest BCUT2D eigenvalue weighted by atomic mass is 10.00. The Hall–Kier alpha value is -1.94. The molecule has 0 rings (SSSR count). The molecule has 3 N–H and O–H groups in total. The molecular formula is C80H156O17P2. The molecule has 0 saturated carbocycles. The summed E-state index contributed by atoms with van der Waals surface area (Å²) < 4.78 is 68.7. The minimum atomic E-state index is -4.96. The maximum atomic E-state index is 13.1. The predicted octanol–water partition coefficient (Wildman–Crippen LogP) is 24.0. The number of esters is 4. The SMILES string of the molecule is CCCCCCCCCCCCCCCCCCCCCC(=O)O[C@H](COC(=O)CCCCCCCCCCCCCCCCCC)COP(=O)(O)OC[C@@H](O)COP(=O)(O)OC[C@@H](COC(=O)CCCCCCCCC(C)CC)OC(=O)CCCCCCCCCCCCCCCC. The van der Waals surface area contributed by atoms with Gasteiger partial charge >= 0.3 is 39.5 Å². The lowest BCUT2D eigenvalue weighted by Gasteiger charge is -2.21. The third-order valence-corrected chi connectivity index (χ3v) is 21.0. The summed E-state index contributed by atoms with van der Waals surface area (Å²) in [4.78, 5) is 73.0. The van der Waals surface area contributed by atoms with E-state index in [1.165, 1.54) is 244 Å². The molecular weight excluding hydrogens is 1290 g/mol. The van der Waals surface area contributed by atoms with Gasteiger partial charge in [0.2, 0.25) is 0 Å². The van der Waals surface area contributed by atoms with Crippen molar-refractivity contribution in [2.24, 2.45) is 5.92 Å². The van der Waals surface area contributed by atoms with Crippen molar-refractivity contribution < 1.29 is 80.2 Å². The van der Waals surface area contributed by atoms with E-state index in [1.807, 2.05) is 0 Å². The van der Waals surface area contributed by atoms with Gasteiger partial charge in [0.05, 0.1) is 26.4 Å². The Bertz CT molecular complexity index is 1890. The van der Waals surface area contributed by atoms with Gasteiger partial charge in [-0.25, -0.2) is 9.13 Å². The summed E-state index contributed by atoms with van der Waals surface area (Å²) >= 11 is 0. The Morgan fingerprint density at radius 1 is 0.283 bits per heavy atom. The van der Waals surface area contributed by atoms with E-state index in [0.717, 1.165) is 102 Å². The zero-order valence-corrected chi connectivity index (χ0v) is 66.4. The van der Waals surface area contributed by atoms with Gasteiger partial charge in [-0.1, -0.05) is 375 Å². The Kier molecular flexibility index (Phi) is 71.6. The average molecular weight is 1450 g/mol. The van der Waals surface area contributed by atoms with Crippen LogP contribution >= 0.6 is 15.6 Å². The van der Waals surface area contributed by atoms with Crippen LogP contribution in [0.1, 0.15) is 426 Å². The number of carbonyl (C=O) groups excluding carboxylic acids is 4. The maximum absolute atomic E-state index is 13.1. The summed E-state index contributed by atoms with van der Waals surface area (Å²) in [6, 6.07) is 0. The molecule has 19 heteroatoms. The fraction of sp³-hybridized carbons (Fsp3) is 0.950. The fourth-order valence-corrected chi connectivity index (χ4v) is 14.0. The second kappa shape index (κ2) is 73.0. The molecule has 0 aliphatic rings. The number of hydrogen-bond donors (Lipinski definition) is 3. The zero-order valence-electron chi connectivity index (χ0n) is 64.6. The molecule has 0 bridgehead atoms. The second-order valence-corrected chi connectivity index (χ2v) is 32.0. The monoisotopic (exact) mass is 1450 g/mol. The van der Waals surface area contributed by atoms with E-state index in [-0.39, 0.29) is 25.7 Å². The predicted molar refractivity (Wildman–Crippen MR) is 405 cm³/mol. The number of rotatable bonds is 80. The van der Waals surface area contributed by atoms with E-state index in [2.05, 4.69) is 34.6 Å². The number of aliphatic hydroxyl groups excluding tert-OH is 1. The largest absolute Gasteiger partial charge is 0.472 e. The molecule has 0 aromatic carbocycles. The van der Waals surface area contributed by atoms with Crippen molar-refractivity contribution in [2.75, 3.05) is 39.6 Å². The van der Waals surface area contributed by atoms with Gasteiger partial charge in [-0.15, -0.1) is 0 Å². The molecule has 0 aromatic rings. The highest BCUT2D eigenvalue weighted by Crippen LogP contribution is 2.45. The molecule has 99 heavy (non-hydrogen) atoms. The van der Waals surface area contributed by atoms with Crippen LogP contribution in [0.2, 0.25) is 0 Å². The third kappa shape index (κ3) is 72.8. The van der Waals surface area contributed by atoms with Crippen molar-refractivity contribution in [1.29, 1.82) is 0 Å². The van der Waals surface area contributed by atoms with Crippen LogP contribution in [-0.2, 0) is 65.4 Å². The maximum Gasteiger partial charge on any atom is 0.472 e. The minimum absolute atomic E-state index is 0.107. The highest BCUT2D eigenvalue weighted by molar-refractivity contribution is 7.47. The molecule has 0 amide bonds. The summed E-state index contributed by atoms with van der Waals surface area (Å²) in [6.45, 7) is 7.29. The molecule has 0 fully saturated rings. The Balaban J connectivity index is 5.24. The summed E-state index contributed by atoms with van der Waals surface area (Å²) in [7, 11) is -9.92. The van der Waals surface area contributed by atoms with E-state index < -0.39 is 97.5 Å². The number of unbranched alkanes of at least 4 members (excludes halogenated alkanes) is 51. The summed E-state index contributed by atoms with van der Waals surface area (Å²) in [6.07, 6.45) is 63.8. The van der Waals surface area contributed by atoms with Gasteiger partial charge in [0, 0.05) is 25.7 Å². The fourth-order valence-electron chi connectivity index (χ4n) is 12.4. The summed E-state index contributed by atoms with van der Waals surface area (Å²) in [5.74, 6) is -1.38. The number of aliphatic hydroxyl groups is 1. The van der Waals surface area contributed by atoms with Crippen LogP contribution in [-0.4, -0.2) is 96.7 Å². The lowest BCUT2D eigenvalue weighted by molar-refractivity contribution is -0.161. The first-order chi connectivity index (χ1) is 48.1. The van der Waals surface area contributed by atoms with Gasteiger partial charge in [-0.05, 0) is 31.6 Å². The molecule has 0 aromatic heterocycles. The van der Waals surface area contributed by atoms with Crippen molar-refractivity contribution in [1.82, 2.24) is 0 Å². The molecule has 588 valence electrons. The van der Waals surface area contributed by atoms with Gasteiger partial charge in [0.15, 0.2) is 12.2 Å². The molecule has 0 aliphatic carbocycles. The first kappa shape index (κ1) is 97.1. The zero-order chi connectivity index (χ0) is 72.7. The van der Waals surface area contributed by atoms with Crippen LogP contribution in [0.25, 0.3) is 0 Å². The van der Waals surface area contributed by atoms with Crippen molar-refractivity contribution in [3.8, 4) is 0 Å². The van der Waals surface area contributed by atoms with Crippen molar-refractivity contribution in [3.05, 3.63) is 0 Å². The van der Waals surface area contributed by atoms with Gasteiger partial charge in [-0.2, -0.15) is 0 Å². The number of hydrogen-bond acceptors (Lipinski definition) is 15. The molecule has 17 nitrogen and oxygen atoms in total. The molecule has 0 spiro atoms. The van der Waals surface area contributed by atoms with Crippen LogP contribution in [0, 0.1) is 5.92 Å². The Morgan fingerprint density at radius 3 is 0.717 bits per heavy atom. The van der Waals surface area contributed by atoms with Crippen LogP contribution < -0.4 is 0 Å². The van der Waals surface area contributed by atoms with Gasteiger partial charge < -0.3 is 33.8 Å². The van der Waals surface area contributed by atoms with Gasteiger partial charge in [0.1, 0.15) is 19.3 Å². The van der Waals surface area contributed by atoms with Crippen molar-refractivity contribution >= 4 is 39.5 Å². The highest BCUT2D eigenvalue weighted by atomic mass is 31.2. The third-order valence-electron chi connectivity index (χ3n) is 19.1. The van der Waals surface area contributed by atoms with Crippen LogP contribution in [0.3, 0.4) is 0 Å². The molecule has 0 aliphatic heterocycles. The molecule has 3 unspecified atom stereocenters. The normalized spacial score (nSPS) is 14.1. The minimum Gasteiger partial charge on any atom is -0.462 e. The number of carbonyl (C=O) groups is 4. The summed E-state index contributed by atoms with van der Waals surface area (Å²) in [5.41, 5.74) is 0. The molecule has 0 radical (unpaired) electrons. The van der Waals surface area contributed by atoms with Crippen molar-refractivity contribution in [2.45, 2.75) is 445 Å². The number of phosphoric ester groups is 2. The Morgan fingerprint density at radius 2 is 0.485 bits per heavy atom. The van der Waals surface area contributed by atoms with Gasteiger partial charge in [0.25, 0.3) is 0 Å². The first-order valence-corrected chi connectivity index (χ1v) is 44.7. The molecule has 6 atom stereocenters. The number of phosphoric acid groups is 2. The Labute approximate surface area is 607 Å². The van der Waals surface area contributed by atoms with Crippen molar-refractivity contribution in [3.63, 3.8) is 0 Å². The van der Waals surface area contributed by atoms with E-state index in [0.29, 0.717) is 25.7 Å². The highest BCUT2D eigenvalue weighted by Gasteiger charge is 2.30. The summed E-state index contributed by atoms with van der Waals surface area (Å²) in [5, 5.41) is 10.6. The van der Waals surface area contributed by atoms with E-state index in [9.17, 15) is 43.2 Å². The van der Waals surface area contributed by atoms with E-state index in [1.54, 1.807) is 0 Å². The molecule has 0 heterocycles. The first-order valence-electron chi connectivity index (χ1n) is 41.7. The van der Waals surface area contributed by atoms with Crippen LogP contribution in [0.5, 0.6) is 0 Å². The standard InChI is InChI=1S/C80H156O17P2/c1-6-10-13-16-19-22-25-28-31-33-34-35-37-40-43-46-49-56-61-66-79(84)96-75(69-90-77(82)63-58-53-47-44-41-39-36-32-29-26-23-20-17-14-11-7-2)71-94-98(86,87)92-67-74(81)68-93-99(88,89)95-72-76(70-91-78(83)64-59-54-51-50-52-57-62-73(5)9-4)97-80(85)65-60-55-48-45-42-38-30-27-24-21-18-15-12-8-3/h73-76,81H,6-72H2,1-5H3,(H,86,87)(H,88,89)/t73?,74-,75-,76-/m1/s1. The van der Waals surface area contributed by atoms with E-state index in [4.69, 9.17) is 37.0 Å². The van der Waals surface area contributed by atoms with Gasteiger partial charge in [-0.3, -0.25) is 37.3 Å². The smallest absolute Gasteiger partial charge is 0.462 e. The topological polar surface area (TPSA) is 237 Å². The van der Waals surface area contributed by atoms with E-state index >= 15 is 0 Å². The van der Waals surface area contributed by atoms with Crippen LogP contribution in [0.4, 0.5) is 0 Å². The second-order valence-electron chi connectivity index (χ2n) is 29.1.